The predicted octanol–water partition coefficient (Wildman–Crippen LogP) is 3.06. The van der Waals surface area contributed by atoms with Gasteiger partial charge in [-0.05, 0) is 31.1 Å². The van der Waals surface area contributed by atoms with Crippen LogP contribution in [-0.2, 0) is 0 Å². The van der Waals surface area contributed by atoms with Gasteiger partial charge in [0.25, 0.3) is 0 Å². The molecule has 0 unspecified atom stereocenters. The molecule has 0 radical (unpaired) electrons. The average Bonchev–Trinajstić information content (AvgIpc) is 3.19. The van der Waals surface area contributed by atoms with Crippen LogP contribution in [0.2, 0.25) is 0 Å². The second-order valence-electron chi connectivity index (χ2n) is 5.34. The third kappa shape index (κ3) is 4.31. The number of H-pyrrole nitrogens is 1. The topological polar surface area (TPSA) is 120 Å². The van der Waals surface area contributed by atoms with Crippen LogP contribution < -0.4 is 10.5 Å². The number of nitrogens with one attached hydrogen (secondary N) is 2. The molecule has 2 heterocycles. The molecule has 0 aromatic carbocycles. The van der Waals surface area contributed by atoms with Crippen molar-refractivity contribution in [2.75, 3.05) is 11.1 Å². The van der Waals surface area contributed by atoms with E-state index in [0.29, 0.717) is 17.4 Å². The van der Waals surface area contributed by atoms with E-state index in [1.54, 1.807) is 12.2 Å². The molecule has 0 saturated heterocycles. The first-order chi connectivity index (χ1) is 10.5. The number of anilines is 2. The monoisotopic (exact) mass is 321 g/mol. The van der Waals surface area contributed by atoms with Gasteiger partial charge in [-0.2, -0.15) is 5.10 Å². The van der Waals surface area contributed by atoms with Gasteiger partial charge in [-0.3, -0.25) is 14.2 Å². The van der Waals surface area contributed by atoms with E-state index in [4.69, 9.17) is 14.2 Å². The van der Waals surface area contributed by atoms with E-state index in [-0.39, 0.29) is 5.75 Å². The minimum atomic E-state index is -3.00. The molecule has 118 valence electrons. The molecule has 2 aromatic rings. The van der Waals surface area contributed by atoms with Gasteiger partial charge < -0.3 is 5.32 Å². The van der Waals surface area contributed by atoms with Crippen molar-refractivity contribution in [3.8, 4) is 0 Å². The van der Waals surface area contributed by atoms with Gasteiger partial charge in [0.05, 0.1) is 11.4 Å². The minimum Gasteiger partial charge on any atom is -0.323 e. The minimum absolute atomic E-state index is 0.0104. The van der Waals surface area contributed by atoms with Gasteiger partial charge in [-0.15, -0.1) is 10.8 Å². The Balaban J connectivity index is 1.65. The molecule has 8 heteroatoms. The van der Waals surface area contributed by atoms with E-state index >= 15 is 0 Å². The van der Waals surface area contributed by atoms with Gasteiger partial charge in [0, 0.05) is 17.7 Å². The Kier molecular flexibility index (Phi) is 4.16. The fraction of sp³-hybridized carbons (Fsp3) is 0.286. The standard InChI is InChI=1S/C14H19N5O2S/c15-22(20,21)8-2-4-11-3-1-5-13(16-11)17-14-9-12(18-19-14)10-6-7-10/h1-5,9-10,20-21H,6-8,15H2,(H2,16,17,18,19)/b4-2+. The third-order valence-electron chi connectivity index (χ3n) is 3.27. The maximum atomic E-state index is 9.12. The maximum Gasteiger partial charge on any atom is 0.153 e. The zero-order valence-corrected chi connectivity index (χ0v) is 12.8. The van der Waals surface area contributed by atoms with Crippen LogP contribution in [0, 0.1) is 0 Å². The number of aromatic nitrogens is 3. The fourth-order valence-electron chi connectivity index (χ4n) is 2.06. The number of hydrogen-bond donors (Lipinski definition) is 5. The Bertz CT molecular complexity index is 676. The van der Waals surface area contributed by atoms with Gasteiger partial charge in [0.2, 0.25) is 0 Å². The first kappa shape index (κ1) is 15.0. The molecule has 0 spiro atoms. The Morgan fingerprint density at radius 2 is 2.18 bits per heavy atom. The Labute approximate surface area is 130 Å². The van der Waals surface area contributed by atoms with Crippen LogP contribution in [0.25, 0.3) is 6.08 Å². The summed E-state index contributed by atoms with van der Waals surface area (Å²) in [6, 6.07) is 7.54. The van der Waals surface area contributed by atoms with Crippen molar-refractivity contribution < 1.29 is 9.11 Å². The quantitative estimate of drug-likeness (QED) is 0.557. The lowest BCUT2D eigenvalue weighted by atomic mass is 10.3. The molecule has 1 aliphatic rings. The number of pyridine rings is 1. The number of nitrogens with two attached hydrogens (primary N) is 1. The van der Waals surface area contributed by atoms with E-state index in [9.17, 15) is 0 Å². The molecule has 0 atom stereocenters. The molecule has 0 aliphatic heterocycles. The highest BCUT2D eigenvalue weighted by Gasteiger charge is 2.25. The second kappa shape index (κ2) is 6.09. The third-order valence-corrected chi connectivity index (χ3v) is 3.95. The number of aromatic amines is 1. The van der Waals surface area contributed by atoms with Crippen LogP contribution >= 0.6 is 10.8 Å². The zero-order valence-electron chi connectivity index (χ0n) is 11.9. The zero-order chi connectivity index (χ0) is 15.6. The van der Waals surface area contributed by atoms with Crippen molar-refractivity contribution in [2.24, 2.45) is 5.14 Å². The summed E-state index contributed by atoms with van der Waals surface area (Å²) in [6.07, 6.45) is 5.74. The lowest BCUT2D eigenvalue weighted by molar-refractivity contribution is 0.493. The van der Waals surface area contributed by atoms with Crippen molar-refractivity contribution >= 4 is 28.5 Å². The first-order valence-corrected chi connectivity index (χ1v) is 8.77. The van der Waals surface area contributed by atoms with Gasteiger partial charge >= 0.3 is 0 Å². The summed E-state index contributed by atoms with van der Waals surface area (Å²) in [4.78, 5) is 4.41. The number of nitrogens with zero attached hydrogens (tertiary/aromatic N) is 2. The van der Waals surface area contributed by atoms with Gasteiger partial charge in [-0.25, -0.2) is 10.1 Å². The lowest BCUT2D eigenvalue weighted by Crippen LogP contribution is -2.10. The molecule has 1 aliphatic carbocycles. The normalized spacial score (nSPS) is 16.1. The van der Waals surface area contributed by atoms with Crippen molar-refractivity contribution in [1.82, 2.24) is 15.2 Å². The molecule has 3 rings (SSSR count). The highest BCUT2D eigenvalue weighted by molar-refractivity contribution is 8.22. The maximum absolute atomic E-state index is 9.12. The second-order valence-corrected chi connectivity index (χ2v) is 7.11. The SMILES string of the molecule is NS(O)(O)C/C=C/c1cccc(Nc2cc(C3CC3)[nH]n2)n1. The fourth-order valence-corrected chi connectivity index (χ4v) is 2.44. The van der Waals surface area contributed by atoms with Crippen LogP contribution in [0.5, 0.6) is 0 Å². The molecule has 0 amide bonds. The summed E-state index contributed by atoms with van der Waals surface area (Å²) < 4.78 is 18.2. The van der Waals surface area contributed by atoms with Gasteiger partial charge in [0.1, 0.15) is 5.82 Å². The number of hydrogen-bond acceptors (Lipinski definition) is 6. The molecule has 1 fully saturated rings. The molecule has 2 aromatic heterocycles. The highest BCUT2D eigenvalue weighted by Crippen LogP contribution is 2.39. The Hall–Kier alpha value is -1.87. The largest absolute Gasteiger partial charge is 0.323 e. The Morgan fingerprint density at radius 3 is 2.91 bits per heavy atom. The van der Waals surface area contributed by atoms with E-state index in [0.717, 1.165) is 11.5 Å². The first-order valence-electron chi connectivity index (χ1n) is 6.99. The summed E-state index contributed by atoms with van der Waals surface area (Å²) >= 11 is 0. The molecule has 7 nitrogen and oxygen atoms in total. The van der Waals surface area contributed by atoms with E-state index in [1.165, 1.54) is 12.8 Å². The summed E-state index contributed by atoms with van der Waals surface area (Å²) in [5.41, 5.74) is 1.86. The van der Waals surface area contributed by atoms with Crippen LogP contribution in [0.3, 0.4) is 0 Å². The molecule has 1 saturated carbocycles. The number of rotatable bonds is 6. The highest BCUT2D eigenvalue weighted by atomic mass is 32.3. The molecular weight excluding hydrogens is 302 g/mol. The molecule has 0 bridgehead atoms. The van der Waals surface area contributed by atoms with Gasteiger partial charge in [0.15, 0.2) is 5.82 Å². The average molecular weight is 321 g/mol. The predicted molar refractivity (Wildman–Crippen MR) is 89.0 cm³/mol. The lowest BCUT2D eigenvalue weighted by Gasteiger charge is -2.23. The summed E-state index contributed by atoms with van der Waals surface area (Å²) in [7, 11) is -3.00. The van der Waals surface area contributed by atoms with Crippen molar-refractivity contribution in [2.45, 2.75) is 18.8 Å². The van der Waals surface area contributed by atoms with E-state index in [2.05, 4.69) is 20.5 Å². The smallest absolute Gasteiger partial charge is 0.153 e. The summed E-state index contributed by atoms with van der Waals surface area (Å²) in [5, 5.41) is 15.6. The summed E-state index contributed by atoms with van der Waals surface area (Å²) in [6.45, 7) is 0. The van der Waals surface area contributed by atoms with Gasteiger partial charge in [-0.1, -0.05) is 12.1 Å². The van der Waals surface area contributed by atoms with E-state index < -0.39 is 10.8 Å². The molecule has 22 heavy (non-hydrogen) atoms. The van der Waals surface area contributed by atoms with Crippen molar-refractivity contribution in [3.05, 3.63) is 41.7 Å². The van der Waals surface area contributed by atoms with Crippen LogP contribution in [0.15, 0.2) is 30.3 Å². The van der Waals surface area contributed by atoms with Crippen LogP contribution in [0.1, 0.15) is 30.1 Å². The molecule has 6 N–H and O–H groups in total. The van der Waals surface area contributed by atoms with Crippen LogP contribution in [0.4, 0.5) is 11.6 Å². The summed E-state index contributed by atoms with van der Waals surface area (Å²) in [5.74, 6) is 2.06. The van der Waals surface area contributed by atoms with E-state index in [1.807, 2.05) is 24.3 Å². The molecular formula is C14H19N5O2S. The van der Waals surface area contributed by atoms with Crippen LogP contribution in [-0.4, -0.2) is 30.0 Å². The van der Waals surface area contributed by atoms with Crippen molar-refractivity contribution in [3.63, 3.8) is 0 Å². The van der Waals surface area contributed by atoms with Crippen molar-refractivity contribution in [1.29, 1.82) is 0 Å². The Morgan fingerprint density at radius 1 is 1.36 bits per heavy atom.